The zero-order valence-corrected chi connectivity index (χ0v) is 15.7. The molecular weight excluding hydrogens is 324 g/mol. The Hall–Kier alpha value is -1.63. The Kier molecular flexibility index (Phi) is 8.61. The van der Waals surface area contributed by atoms with Crippen LogP contribution in [0.25, 0.3) is 0 Å². The summed E-state index contributed by atoms with van der Waals surface area (Å²) in [5.74, 6) is 0. The van der Waals surface area contributed by atoms with Crippen molar-refractivity contribution < 1.29 is 0 Å². The van der Waals surface area contributed by atoms with Gasteiger partial charge < -0.3 is 4.72 Å². The first-order valence-electron chi connectivity index (χ1n) is 7.77. The molecule has 0 spiro atoms. The standard InChI is InChI=1S/C16H15ClN2S.C3H8/c1-3-12-4-6-15(11(2)8-12)19-20-16-7-5-13(10-18)9-14(16)17;1-3-2/h4-9,19H,3H2,1-2H3;3H2,1-2H3. The molecule has 0 atom stereocenters. The first-order chi connectivity index (χ1) is 11.0. The van der Waals surface area contributed by atoms with Gasteiger partial charge in [-0.15, -0.1) is 0 Å². The fraction of sp³-hybridized carbons (Fsp3) is 0.316. The van der Waals surface area contributed by atoms with E-state index in [1.165, 1.54) is 29.5 Å². The topological polar surface area (TPSA) is 35.8 Å². The van der Waals surface area contributed by atoms with Crippen LogP contribution in [-0.2, 0) is 6.42 Å². The van der Waals surface area contributed by atoms with Crippen molar-refractivity contribution in [3.05, 3.63) is 58.1 Å². The van der Waals surface area contributed by atoms with E-state index < -0.39 is 0 Å². The minimum Gasteiger partial charge on any atom is -0.325 e. The van der Waals surface area contributed by atoms with Gasteiger partial charge in [-0.2, -0.15) is 5.26 Å². The maximum atomic E-state index is 8.82. The summed E-state index contributed by atoms with van der Waals surface area (Å²) in [5.41, 5.74) is 4.19. The van der Waals surface area contributed by atoms with Crippen LogP contribution < -0.4 is 4.72 Å². The van der Waals surface area contributed by atoms with E-state index in [4.69, 9.17) is 16.9 Å². The van der Waals surface area contributed by atoms with Crippen molar-refractivity contribution in [1.29, 1.82) is 5.26 Å². The molecule has 0 heterocycles. The Labute approximate surface area is 149 Å². The van der Waals surface area contributed by atoms with Crippen molar-refractivity contribution in [3.8, 4) is 6.07 Å². The van der Waals surface area contributed by atoms with Gasteiger partial charge in [-0.25, -0.2) is 0 Å². The third-order valence-corrected chi connectivity index (χ3v) is 4.35. The maximum absolute atomic E-state index is 8.82. The van der Waals surface area contributed by atoms with Crippen LogP contribution in [0, 0.1) is 18.3 Å². The van der Waals surface area contributed by atoms with Crippen LogP contribution in [0.15, 0.2) is 41.3 Å². The highest BCUT2D eigenvalue weighted by Gasteiger charge is 2.04. The lowest BCUT2D eigenvalue weighted by Crippen LogP contribution is -1.92. The molecule has 2 nitrogen and oxygen atoms in total. The smallest absolute Gasteiger partial charge is 0.0992 e. The van der Waals surface area contributed by atoms with E-state index in [0.29, 0.717) is 10.6 Å². The number of nitrogens with one attached hydrogen (secondary N) is 1. The fourth-order valence-electron chi connectivity index (χ4n) is 1.82. The molecule has 0 bridgehead atoms. The van der Waals surface area contributed by atoms with Gasteiger partial charge in [-0.1, -0.05) is 50.9 Å². The van der Waals surface area contributed by atoms with Gasteiger partial charge in [0.2, 0.25) is 0 Å². The van der Waals surface area contributed by atoms with Gasteiger partial charge in [0.15, 0.2) is 0 Å². The Bertz CT molecular complexity index is 678. The Morgan fingerprint density at radius 1 is 1.13 bits per heavy atom. The minimum atomic E-state index is 0.572. The summed E-state index contributed by atoms with van der Waals surface area (Å²) in [6.45, 7) is 8.48. The summed E-state index contributed by atoms with van der Waals surface area (Å²) >= 11 is 7.61. The molecule has 0 fully saturated rings. The SMILES string of the molecule is CCC.CCc1ccc(NSc2ccc(C#N)cc2Cl)c(C)c1. The van der Waals surface area contributed by atoms with E-state index in [9.17, 15) is 0 Å². The second kappa shape index (κ2) is 10.2. The number of hydrogen-bond acceptors (Lipinski definition) is 3. The molecule has 0 aliphatic rings. The number of hydrogen-bond donors (Lipinski definition) is 1. The van der Waals surface area contributed by atoms with E-state index in [2.05, 4.69) is 56.7 Å². The third-order valence-electron chi connectivity index (χ3n) is 3.03. The van der Waals surface area contributed by atoms with Crippen LogP contribution in [0.3, 0.4) is 0 Å². The number of nitriles is 1. The molecule has 0 aromatic heterocycles. The van der Waals surface area contributed by atoms with Crippen molar-refractivity contribution in [2.75, 3.05) is 4.72 Å². The zero-order valence-electron chi connectivity index (χ0n) is 14.1. The molecule has 4 heteroatoms. The number of benzene rings is 2. The van der Waals surface area contributed by atoms with Gasteiger partial charge >= 0.3 is 0 Å². The lowest BCUT2D eigenvalue weighted by Gasteiger charge is -2.11. The van der Waals surface area contributed by atoms with E-state index in [0.717, 1.165) is 17.0 Å². The van der Waals surface area contributed by atoms with E-state index in [1.807, 2.05) is 6.07 Å². The highest BCUT2D eigenvalue weighted by atomic mass is 35.5. The number of anilines is 1. The van der Waals surface area contributed by atoms with Gasteiger partial charge in [-0.05, 0) is 60.7 Å². The number of nitrogens with zero attached hydrogens (tertiary/aromatic N) is 1. The fourth-order valence-corrected chi connectivity index (χ4v) is 2.86. The molecule has 1 N–H and O–H groups in total. The lowest BCUT2D eigenvalue weighted by molar-refractivity contribution is 1.09. The predicted octanol–water partition coefficient (Wildman–Crippen LogP) is 6.62. The zero-order chi connectivity index (χ0) is 17.2. The largest absolute Gasteiger partial charge is 0.325 e. The molecule has 0 radical (unpaired) electrons. The molecule has 0 saturated carbocycles. The van der Waals surface area contributed by atoms with Crippen molar-refractivity contribution in [2.24, 2.45) is 0 Å². The van der Waals surface area contributed by atoms with Crippen LogP contribution in [0.1, 0.15) is 43.9 Å². The monoisotopic (exact) mass is 346 g/mol. The molecule has 2 aromatic rings. The molecule has 0 unspecified atom stereocenters. The maximum Gasteiger partial charge on any atom is 0.0992 e. The number of halogens is 1. The highest BCUT2D eigenvalue weighted by molar-refractivity contribution is 8.00. The van der Waals surface area contributed by atoms with Gasteiger partial charge in [0.25, 0.3) is 0 Å². The third kappa shape index (κ3) is 6.17. The van der Waals surface area contributed by atoms with Gasteiger partial charge in [-0.3, -0.25) is 0 Å². The van der Waals surface area contributed by atoms with Crippen LogP contribution in [0.4, 0.5) is 5.69 Å². The summed E-state index contributed by atoms with van der Waals surface area (Å²) in [4.78, 5) is 0.907. The van der Waals surface area contributed by atoms with Crippen LogP contribution in [-0.4, -0.2) is 0 Å². The van der Waals surface area contributed by atoms with Crippen LogP contribution in [0.2, 0.25) is 5.02 Å². The Morgan fingerprint density at radius 2 is 1.83 bits per heavy atom. The summed E-state index contributed by atoms with van der Waals surface area (Å²) < 4.78 is 3.31. The number of rotatable bonds is 4. The molecule has 23 heavy (non-hydrogen) atoms. The van der Waals surface area contributed by atoms with E-state index >= 15 is 0 Å². The second-order valence-electron chi connectivity index (χ2n) is 5.17. The Morgan fingerprint density at radius 3 is 2.35 bits per heavy atom. The van der Waals surface area contributed by atoms with Crippen molar-refractivity contribution >= 4 is 29.2 Å². The van der Waals surface area contributed by atoms with Crippen LogP contribution >= 0.6 is 23.5 Å². The minimum absolute atomic E-state index is 0.572. The average Bonchev–Trinajstić information content (AvgIpc) is 2.55. The summed E-state index contributed by atoms with van der Waals surface area (Å²) in [6, 6.07) is 13.8. The molecule has 122 valence electrons. The normalized spacial score (nSPS) is 9.57. The van der Waals surface area contributed by atoms with Crippen LogP contribution in [0.5, 0.6) is 0 Å². The molecule has 0 amide bonds. The summed E-state index contributed by atoms with van der Waals surface area (Å²) in [5, 5.41) is 9.40. The van der Waals surface area contributed by atoms with E-state index in [1.54, 1.807) is 12.1 Å². The van der Waals surface area contributed by atoms with Crippen molar-refractivity contribution in [2.45, 2.75) is 45.4 Å². The average molecular weight is 347 g/mol. The van der Waals surface area contributed by atoms with Gasteiger partial charge in [0, 0.05) is 10.6 Å². The second-order valence-corrected chi connectivity index (χ2v) is 6.43. The van der Waals surface area contributed by atoms with E-state index in [-0.39, 0.29) is 0 Å². The summed E-state index contributed by atoms with van der Waals surface area (Å²) in [6.07, 6.45) is 2.29. The molecule has 2 aromatic carbocycles. The van der Waals surface area contributed by atoms with Gasteiger partial charge in [0.1, 0.15) is 0 Å². The predicted molar refractivity (Wildman–Crippen MR) is 102 cm³/mol. The quantitative estimate of drug-likeness (QED) is 0.632. The van der Waals surface area contributed by atoms with Crippen molar-refractivity contribution in [3.63, 3.8) is 0 Å². The molecule has 2 rings (SSSR count). The highest BCUT2D eigenvalue weighted by Crippen LogP contribution is 2.30. The first kappa shape index (κ1) is 19.4. The number of aryl methyl sites for hydroxylation is 2. The summed E-state index contributed by atoms with van der Waals surface area (Å²) in [7, 11) is 0. The molecular formula is C19H23ClN2S. The first-order valence-corrected chi connectivity index (χ1v) is 8.97. The molecule has 0 aliphatic heterocycles. The lowest BCUT2D eigenvalue weighted by atomic mass is 10.1. The Balaban J connectivity index is 0.000000816. The van der Waals surface area contributed by atoms with Gasteiger partial charge in [0.05, 0.1) is 16.7 Å². The molecule has 0 saturated heterocycles. The molecule has 0 aliphatic carbocycles. The van der Waals surface area contributed by atoms with Crippen molar-refractivity contribution in [1.82, 2.24) is 0 Å².